The molecular weight excluding hydrogens is 340 g/mol. The smallest absolute Gasteiger partial charge is 0.322 e. The third-order valence-electron chi connectivity index (χ3n) is 4.80. The van der Waals surface area contributed by atoms with Gasteiger partial charge in [-0.25, -0.2) is 9.48 Å². The summed E-state index contributed by atoms with van der Waals surface area (Å²) >= 11 is 0. The highest BCUT2D eigenvalue weighted by Crippen LogP contribution is 2.15. The number of para-hydroxylation sites is 1. The molecule has 3 rings (SSSR count). The van der Waals surface area contributed by atoms with Gasteiger partial charge in [0.1, 0.15) is 5.69 Å². The molecule has 6 nitrogen and oxygen atoms in total. The first kappa shape index (κ1) is 18.5. The van der Waals surface area contributed by atoms with Crippen molar-refractivity contribution in [2.24, 2.45) is 7.05 Å². The Morgan fingerprint density at radius 1 is 1.04 bits per heavy atom. The van der Waals surface area contributed by atoms with Crippen molar-refractivity contribution < 1.29 is 4.79 Å². The van der Waals surface area contributed by atoms with Crippen LogP contribution in [0.5, 0.6) is 0 Å². The minimum atomic E-state index is -0.315. The van der Waals surface area contributed by atoms with Crippen molar-refractivity contribution in [1.82, 2.24) is 14.3 Å². The number of benzene rings is 2. The Balaban J connectivity index is 1.84. The standard InChI is InChI=1S/C21H24N4O2/c1-15-10-8-9-11-17(15)14-23(3)21(27)22-19-16(2)24(4)25(20(19)26)18-12-6-5-7-13-18/h5-13H,14H2,1-4H3,(H,22,27). The number of nitrogens with one attached hydrogen (secondary N) is 1. The van der Waals surface area contributed by atoms with Crippen molar-refractivity contribution in [2.75, 3.05) is 12.4 Å². The zero-order valence-corrected chi connectivity index (χ0v) is 16.1. The van der Waals surface area contributed by atoms with E-state index in [4.69, 9.17) is 0 Å². The number of nitrogens with zero attached hydrogens (tertiary/aromatic N) is 3. The second-order valence-electron chi connectivity index (χ2n) is 6.65. The average Bonchev–Trinajstić information content (AvgIpc) is 2.87. The first-order chi connectivity index (χ1) is 12.9. The van der Waals surface area contributed by atoms with Gasteiger partial charge in [-0.3, -0.25) is 9.48 Å². The fourth-order valence-corrected chi connectivity index (χ4v) is 3.03. The molecule has 0 aliphatic rings. The molecule has 6 heteroatoms. The molecule has 0 aliphatic heterocycles. The second kappa shape index (κ2) is 7.53. The maximum atomic E-state index is 12.9. The van der Waals surface area contributed by atoms with Gasteiger partial charge in [0.25, 0.3) is 5.56 Å². The average molecular weight is 364 g/mol. The number of urea groups is 1. The van der Waals surface area contributed by atoms with E-state index >= 15 is 0 Å². The van der Waals surface area contributed by atoms with Crippen LogP contribution in [-0.4, -0.2) is 27.3 Å². The maximum absolute atomic E-state index is 12.9. The summed E-state index contributed by atoms with van der Waals surface area (Å²) in [4.78, 5) is 27.1. The molecule has 0 spiro atoms. The van der Waals surface area contributed by atoms with Crippen LogP contribution in [0.4, 0.5) is 10.5 Å². The molecule has 0 saturated carbocycles. The van der Waals surface area contributed by atoms with E-state index < -0.39 is 0 Å². The monoisotopic (exact) mass is 364 g/mol. The van der Waals surface area contributed by atoms with Crippen molar-refractivity contribution in [1.29, 1.82) is 0 Å². The molecule has 2 aromatic carbocycles. The molecule has 27 heavy (non-hydrogen) atoms. The van der Waals surface area contributed by atoms with E-state index in [0.29, 0.717) is 17.9 Å². The fraction of sp³-hybridized carbons (Fsp3) is 0.238. The molecule has 3 aromatic rings. The van der Waals surface area contributed by atoms with Crippen LogP contribution < -0.4 is 10.9 Å². The number of rotatable bonds is 4. The van der Waals surface area contributed by atoms with E-state index in [1.54, 1.807) is 28.4 Å². The number of amides is 2. The van der Waals surface area contributed by atoms with Gasteiger partial charge in [0.15, 0.2) is 0 Å². The van der Waals surface area contributed by atoms with Crippen LogP contribution in [0.3, 0.4) is 0 Å². The molecule has 140 valence electrons. The molecule has 0 bridgehead atoms. The van der Waals surface area contributed by atoms with E-state index in [9.17, 15) is 9.59 Å². The Kier molecular flexibility index (Phi) is 5.16. The highest BCUT2D eigenvalue weighted by atomic mass is 16.2. The number of carbonyl (C=O) groups is 1. The predicted molar refractivity (Wildman–Crippen MR) is 107 cm³/mol. The van der Waals surface area contributed by atoms with Crippen molar-refractivity contribution in [2.45, 2.75) is 20.4 Å². The van der Waals surface area contributed by atoms with E-state index in [1.165, 1.54) is 0 Å². The number of aryl methyl sites for hydroxylation is 1. The molecule has 0 radical (unpaired) electrons. The lowest BCUT2D eigenvalue weighted by Gasteiger charge is -2.18. The summed E-state index contributed by atoms with van der Waals surface area (Å²) in [6.45, 7) is 4.30. The van der Waals surface area contributed by atoms with Crippen LogP contribution in [0.25, 0.3) is 5.69 Å². The molecule has 1 aromatic heterocycles. The lowest BCUT2D eigenvalue weighted by atomic mass is 10.1. The van der Waals surface area contributed by atoms with Crippen LogP contribution in [-0.2, 0) is 13.6 Å². The highest BCUT2D eigenvalue weighted by molar-refractivity contribution is 5.89. The number of anilines is 1. The third-order valence-corrected chi connectivity index (χ3v) is 4.80. The Labute approximate surface area is 158 Å². The predicted octanol–water partition coefficient (Wildman–Crippen LogP) is 3.46. The van der Waals surface area contributed by atoms with Gasteiger partial charge in [-0.15, -0.1) is 0 Å². The minimum absolute atomic E-state index is 0.251. The molecule has 2 amide bonds. The number of aromatic nitrogens is 2. The van der Waals surface area contributed by atoms with Crippen molar-refractivity contribution in [3.8, 4) is 5.69 Å². The van der Waals surface area contributed by atoms with Gasteiger partial charge in [-0.05, 0) is 37.1 Å². The molecule has 0 fully saturated rings. The third kappa shape index (κ3) is 3.65. The van der Waals surface area contributed by atoms with Crippen LogP contribution in [0.1, 0.15) is 16.8 Å². The topological polar surface area (TPSA) is 59.3 Å². The van der Waals surface area contributed by atoms with Crippen molar-refractivity contribution >= 4 is 11.7 Å². The summed E-state index contributed by atoms with van der Waals surface area (Å²) in [5.41, 5.74) is 3.69. The summed E-state index contributed by atoms with van der Waals surface area (Å²) < 4.78 is 3.29. The van der Waals surface area contributed by atoms with Gasteiger partial charge in [0.2, 0.25) is 0 Å². The van der Waals surface area contributed by atoms with Gasteiger partial charge < -0.3 is 10.2 Å². The molecule has 1 N–H and O–H groups in total. The number of hydrogen-bond donors (Lipinski definition) is 1. The Morgan fingerprint density at radius 2 is 1.67 bits per heavy atom. The van der Waals surface area contributed by atoms with Crippen LogP contribution in [0.2, 0.25) is 0 Å². The van der Waals surface area contributed by atoms with Gasteiger partial charge in [0.05, 0.1) is 11.4 Å². The Hall–Kier alpha value is -3.28. The van der Waals surface area contributed by atoms with Gasteiger partial charge in [-0.2, -0.15) is 0 Å². The minimum Gasteiger partial charge on any atom is -0.323 e. The summed E-state index contributed by atoms with van der Waals surface area (Å²) in [7, 11) is 3.52. The fourth-order valence-electron chi connectivity index (χ4n) is 3.03. The molecule has 1 heterocycles. The molecule has 0 saturated heterocycles. The van der Waals surface area contributed by atoms with Crippen LogP contribution >= 0.6 is 0 Å². The van der Waals surface area contributed by atoms with E-state index in [1.807, 2.05) is 68.4 Å². The SMILES string of the molecule is Cc1ccccc1CN(C)C(=O)Nc1c(C)n(C)n(-c2ccccc2)c1=O. The van der Waals surface area contributed by atoms with E-state index in [0.717, 1.165) is 16.8 Å². The summed E-state index contributed by atoms with van der Waals surface area (Å²) in [6.07, 6.45) is 0. The number of carbonyl (C=O) groups excluding carboxylic acids is 1. The first-order valence-electron chi connectivity index (χ1n) is 8.80. The van der Waals surface area contributed by atoms with E-state index in [2.05, 4.69) is 5.32 Å². The molecule has 0 aliphatic carbocycles. The lowest BCUT2D eigenvalue weighted by molar-refractivity contribution is 0.220. The lowest BCUT2D eigenvalue weighted by Crippen LogP contribution is -2.33. The highest BCUT2D eigenvalue weighted by Gasteiger charge is 2.19. The maximum Gasteiger partial charge on any atom is 0.322 e. The molecule has 0 unspecified atom stereocenters. The largest absolute Gasteiger partial charge is 0.323 e. The van der Waals surface area contributed by atoms with Crippen molar-refractivity contribution in [3.05, 3.63) is 81.8 Å². The Bertz CT molecular complexity index is 1020. The summed E-state index contributed by atoms with van der Waals surface area (Å²) in [6, 6.07) is 17.0. The first-order valence-corrected chi connectivity index (χ1v) is 8.80. The van der Waals surface area contributed by atoms with Gasteiger partial charge in [0, 0.05) is 20.6 Å². The second-order valence-corrected chi connectivity index (χ2v) is 6.65. The van der Waals surface area contributed by atoms with Gasteiger partial charge in [-0.1, -0.05) is 42.5 Å². The van der Waals surface area contributed by atoms with Crippen LogP contribution in [0, 0.1) is 13.8 Å². The quantitative estimate of drug-likeness (QED) is 0.771. The molecule has 0 atom stereocenters. The summed E-state index contributed by atoms with van der Waals surface area (Å²) in [5.74, 6) is 0. The zero-order chi connectivity index (χ0) is 19.6. The molecular formula is C21H24N4O2. The van der Waals surface area contributed by atoms with Crippen LogP contribution in [0.15, 0.2) is 59.4 Å². The number of hydrogen-bond acceptors (Lipinski definition) is 2. The van der Waals surface area contributed by atoms with Gasteiger partial charge >= 0.3 is 6.03 Å². The van der Waals surface area contributed by atoms with E-state index in [-0.39, 0.29) is 11.6 Å². The summed E-state index contributed by atoms with van der Waals surface area (Å²) in [5, 5.41) is 2.78. The Morgan fingerprint density at radius 3 is 2.33 bits per heavy atom. The zero-order valence-electron chi connectivity index (χ0n) is 16.1. The normalized spacial score (nSPS) is 10.7. The van der Waals surface area contributed by atoms with Crippen molar-refractivity contribution in [3.63, 3.8) is 0 Å².